The van der Waals surface area contributed by atoms with Crippen molar-refractivity contribution in [1.82, 2.24) is 0 Å². The van der Waals surface area contributed by atoms with Crippen molar-refractivity contribution >= 4 is 42.8 Å². The van der Waals surface area contributed by atoms with E-state index in [-0.39, 0.29) is 0 Å². The van der Waals surface area contributed by atoms with E-state index in [9.17, 15) is 30.7 Å². The Bertz CT molecular complexity index is 693. The summed E-state index contributed by atoms with van der Waals surface area (Å²) >= 11 is -2.17. The highest BCUT2D eigenvalue weighted by Crippen LogP contribution is 2.30. The highest BCUT2D eigenvalue weighted by molar-refractivity contribution is 7.02. The van der Waals surface area contributed by atoms with E-state index in [2.05, 4.69) is 0 Å². The molecule has 0 aliphatic rings. The third-order valence-electron chi connectivity index (χ3n) is 2.57. The van der Waals surface area contributed by atoms with Gasteiger partial charge in [-0.05, 0) is 0 Å². The van der Waals surface area contributed by atoms with E-state index < -0.39 is 74.4 Å². The Morgan fingerprint density at radius 2 is 0.895 bits per heavy atom. The van der Waals surface area contributed by atoms with Gasteiger partial charge in [0.05, 0.1) is 5.39 Å². The van der Waals surface area contributed by atoms with Gasteiger partial charge < -0.3 is 9.07 Å². The van der Waals surface area contributed by atoms with Crippen LogP contribution in [0.2, 0.25) is 0 Å². The van der Waals surface area contributed by atoms with Crippen molar-refractivity contribution in [3.8, 4) is 0 Å². The van der Waals surface area contributed by atoms with Gasteiger partial charge in [-0.15, -0.1) is 0 Å². The maximum absolute atomic E-state index is 13.5. The largest absolute Gasteiger partial charge is 0.543 e. The number of halogens is 8. The van der Waals surface area contributed by atoms with E-state index in [4.69, 9.17) is 9.07 Å². The summed E-state index contributed by atoms with van der Waals surface area (Å²) in [6, 6.07) is 0. The zero-order chi connectivity index (χ0) is 14.5. The molecule has 98 valence electrons. The Balaban J connectivity index is 3.21. The van der Waals surface area contributed by atoms with Crippen molar-refractivity contribution in [3.63, 3.8) is 0 Å². The Hall–Kier alpha value is -0.734. The van der Waals surface area contributed by atoms with Crippen LogP contribution in [0.15, 0.2) is 0 Å². The minimum Gasteiger partial charge on any atom is -0.335 e. The summed E-state index contributed by atoms with van der Waals surface area (Å²) in [7, 11) is 5.36. The molecule has 0 saturated heterocycles. The van der Waals surface area contributed by atoms with Gasteiger partial charge >= 0.3 is 19.3 Å². The quantitative estimate of drug-likeness (QED) is 0.328. The lowest BCUT2D eigenvalue weighted by Crippen LogP contribution is -2.22. The standard InChI is InChI=1S/C10F7.ClH.Mg/c11-3-1-2-4(7(14)6(3)13)8(15)10(17)9(16)5(2)12;;/h;1H;/q;;+1/p-1. The maximum atomic E-state index is 13.5. The molecule has 0 radical (unpaired) electrons. The second-order valence-corrected chi connectivity index (χ2v) is 5.34. The molecule has 0 bridgehead atoms. The molecule has 0 spiro atoms. The smallest absolute Gasteiger partial charge is 0.335 e. The van der Waals surface area contributed by atoms with Crippen LogP contribution in [0.4, 0.5) is 30.7 Å². The fourth-order valence-electron chi connectivity index (χ4n) is 1.69. The van der Waals surface area contributed by atoms with E-state index in [0.29, 0.717) is 0 Å². The first kappa shape index (κ1) is 14.7. The van der Waals surface area contributed by atoms with Gasteiger partial charge in [-0.25, -0.2) is 30.7 Å². The average molecular weight is 313 g/mol. The fraction of sp³-hybridized carbons (Fsp3) is 0. The van der Waals surface area contributed by atoms with Crippen molar-refractivity contribution in [3.05, 3.63) is 40.7 Å². The highest BCUT2D eigenvalue weighted by Gasteiger charge is 2.29. The molecule has 0 aliphatic heterocycles. The van der Waals surface area contributed by atoms with Gasteiger partial charge in [-0.1, -0.05) is 3.69 Å². The van der Waals surface area contributed by atoms with Gasteiger partial charge in [-0.3, -0.25) is 0 Å². The molecule has 0 aromatic heterocycles. The first-order valence-corrected chi connectivity index (χ1v) is 7.54. The Kier molecular flexibility index (Phi) is 3.85. The van der Waals surface area contributed by atoms with Crippen LogP contribution in [0.5, 0.6) is 0 Å². The first-order valence-electron chi connectivity index (χ1n) is 4.69. The molecule has 0 atom stereocenters. The highest BCUT2D eigenvalue weighted by atomic mass is 35.5. The SMILES string of the molecule is Fc1c(F)c(F)c2[c]([Mg][Cl])c(F)c(F)c(F)c2c1F. The van der Waals surface area contributed by atoms with Crippen LogP contribution in [-0.2, 0) is 0 Å². The summed E-state index contributed by atoms with van der Waals surface area (Å²) in [5.74, 6) is -14.8. The lowest BCUT2D eigenvalue weighted by atomic mass is 10.1. The van der Waals surface area contributed by atoms with Crippen molar-refractivity contribution in [1.29, 1.82) is 0 Å². The van der Waals surface area contributed by atoms with Gasteiger partial charge in [0.15, 0.2) is 34.9 Å². The summed E-state index contributed by atoms with van der Waals surface area (Å²) in [5.41, 5.74) is 0. The molecule has 9 heteroatoms. The molecule has 0 heterocycles. The second kappa shape index (κ2) is 4.99. The molecule has 19 heavy (non-hydrogen) atoms. The molecule has 0 aliphatic carbocycles. The maximum Gasteiger partial charge on any atom is 0.543 e. The van der Waals surface area contributed by atoms with Crippen molar-refractivity contribution in [2.24, 2.45) is 0 Å². The predicted octanol–water partition coefficient (Wildman–Crippen LogP) is 3.30. The molecule has 0 saturated carbocycles. The van der Waals surface area contributed by atoms with E-state index >= 15 is 0 Å². The van der Waals surface area contributed by atoms with Crippen LogP contribution in [0.25, 0.3) is 10.8 Å². The molecular formula is C10ClF7Mg. The fourth-order valence-corrected chi connectivity index (χ4v) is 3.19. The normalized spacial score (nSPS) is 10.9. The Morgan fingerprint density at radius 1 is 0.526 bits per heavy atom. The summed E-state index contributed by atoms with van der Waals surface area (Å²) in [5, 5.41) is -2.69. The molecule has 2 aromatic rings. The van der Waals surface area contributed by atoms with Gasteiger partial charge in [0.25, 0.3) is 0 Å². The minimum atomic E-state index is -2.31. The lowest BCUT2D eigenvalue weighted by molar-refractivity contribution is 0.411. The summed E-state index contributed by atoms with van der Waals surface area (Å²) in [6.45, 7) is 0. The van der Waals surface area contributed by atoms with Crippen LogP contribution in [-0.4, -0.2) is 19.3 Å². The van der Waals surface area contributed by atoms with Crippen LogP contribution >= 0.6 is 9.07 Å². The van der Waals surface area contributed by atoms with E-state index in [1.807, 2.05) is 0 Å². The molecule has 0 N–H and O–H groups in total. The van der Waals surface area contributed by atoms with E-state index in [1.165, 1.54) is 0 Å². The van der Waals surface area contributed by atoms with Crippen molar-refractivity contribution in [2.75, 3.05) is 0 Å². The Morgan fingerprint density at radius 3 is 1.32 bits per heavy atom. The summed E-state index contributed by atoms with van der Waals surface area (Å²) in [6.07, 6.45) is 0. The topological polar surface area (TPSA) is 0 Å². The Labute approximate surface area is 114 Å². The van der Waals surface area contributed by atoms with E-state index in [1.54, 1.807) is 0 Å². The number of rotatable bonds is 1. The molecule has 0 fully saturated rings. The van der Waals surface area contributed by atoms with Crippen molar-refractivity contribution in [2.45, 2.75) is 0 Å². The van der Waals surface area contributed by atoms with Crippen LogP contribution in [0.3, 0.4) is 0 Å². The predicted molar refractivity (Wildman–Crippen MR) is 54.9 cm³/mol. The number of hydrogen-bond donors (Lipinski definition) is 0. The molecule has 0 amide bonds. The molecule has 2 rings (SSSR count). The van der Waals surface area contributed by atoms with E-state index in [0.717, 1.165) is 0 Å². The van der Waals surface area contributed by atoms with Crippen LogP contribution in [0.1, 0.15) is 0 Å². The van der Waals surface area contributed by atoms with Crippen molar-refractivity contribution < 1.29 is 30.7 Å². The zero-order valence-corrected chi connectivity index (χ0v) is 10.9. The van der Waals surface area contributed by atoms with Crippen LogP contribution < -0.4 is 3.69 Å². The number of hydrogen-bond acceptors (Lipinski definition) is 0. The second-order valence-electron chi connectivity index (χ2n) is 3.56. The average Bonchev–Trinajstić information content (AvgIpc) is 2.40. The third kappa shape index (κ3) is 1.96. The molecule has 0 nitrogen and oxygen atoms in total. The lowest BCUT2D eigenvalue weighted by Gasteiger charge is -2.11. The summed E-state index contributed by atoms with van der Waals surface area (Å²) in [4.78, 5) is 0. The van der Waals surface area contributed by atoms with Crippen LogP contribution in [0, 0.1) is 40.7 Å². The number of fused-ring (bicyclic) bond motifs is 1. The zero-order valence-electron chi connectivity index (χ0n) is 8.73. The molecular weight excluding hydrogens is 313 g/mol. The van der Waals surface area contributed by atoms with Gasteiger partial charge in [0, 0.05) is 5.39 Å². The van der Waals surface area contributed by atoms with Gasteiger partial charge in [0.2, 0.25) is 0 Å². The summed E-state index contributed by atoms with van der Waals surface area (Å²) < 4.78 is 92.0. The molecule has 0 unspecified atom stereocenters. The molecule has 2 aromatic carbocycles. The number of benzene rings is 2. The monoisotopic (exact) mass is 312 g/mol. The first-order chi connectivity index (χ1) is 8.82. The third-order valence-corrected chi connectivity index (χ3v) is 4.31. The van der Waals surface area contributed by atoms with Gasteiger partial charge in [-0.2, -0.15) is 0 Å². The minimum absolute atomic E-state index is 0.856. The van der Waals surface area contributed by atoms with Gasteiger partial charge in [0.1, 0.15) is 5.82 Å².